The van der Waals surface area contributed by atoms with Crippen molar-refractivity contribution in [3.8, 4) is 0 Å². The third-order valence-electron chi connectivity index (χ3n) is 3.43. The molecular weight excluding hydrogens is 304 g/mol. The van der Waals surface area contributed by atoms with Gasteiger partial charge in [0.05, 0.1) is 17.3 Å². The summed E-state index contributed by atoms with van der Waals surface area (Å²) in [6.45, 7) is 5.82. The van der Waals surface area contributed by atoms with Crippen molar-refractivity contribution in [2.75, 3.05) is 5.32 Å². The summed E-state index contributed by atoms with van der Waals surface area (Å²) in [5.74, 6) is 0.581. The van der Waals surface area contributed by atoms with Crippen LogP contribution in [0.2, 0.25) is 5.02 Å². The van der Waals surface area contributed by atoms with E-state index in [4.69, 9.17) is 29.6 Å². The summed E-state index contributed by atoms with van der Waals surface area (Å²) in [5, 5.41) is 12.3. The fourth-order valence-corrected chi connectivity index (χ4v) is 2.67. The molecule has 0 aliphatic rings. The molecule has 0 amide bonds. The van der Waals surface area contributed by atoms with Crippen LogP contribution in [0.1, 0.15) is 35.3 Å². The minimum atomic E-state index is -0.0387. The molecule has 3 N–H and O–H groups in total. The molecule has 21 heavy (non-hydrogen) atoms. The predicted octanol–water partition coefficient (Wildman–Crippen LogP) is 3.55. The van der Waals surface area contributed by atoms with E-state index in [9.17, 15) is 0 Å². The van der Waals surface area contributed by atoms with Crippen molar-refractivity contribution in [1.82, 2.24) is 10.2 Å². The number of nitrogens with one attached hydrogen (secondary N) is 1. The lowest BCUT2D eigenvalue weighted by Gasteiger charge is -2.19. The smallest absolute Gasteiger partial charge is 0.159 e. The molecule has 4 nitrogen and oxygen atoms in total. The molecule has 1 unspecified atom stereocenters. The van der Waals surface area contributed by atoms with Gasteiger partial charge in [0.25, 0.3) is 0 Å². The molecular formula is C15H17ClN4S. The second-order valence-electron chi connectivity index (χ2n) is 4.89. The number of benzene rings is 1. The number of rotatable bonds is 4. The van der Waals surface area contributed by atoms with Gasteiger partial charge in [-0.15, -0.1) is 5.10 Å². The van der Waals surface area contributed by atoms with Gasteiger partial charge in [-0.2, -0.15) is 5.10 Å². The number of nitrogens with zero attached hydrogens (tertiary/aromatic N) is 2. The normalized spacial score (nSPS) is 12.0. The van der Waals surface area contributed by atoms with Crippen LogP contribution in [0.25, 0.3) is 0 Å². The standard InChI is InChI=1S/C15H17ClN4S/c1-8-9(2)19-20-15(13(8)14(17)21)18-10(3)11-6-4-5-7-12(11)16/h4-7,10H,1-3H3,(H2,17,21)(H,18,20). The molecule has 0 saturated carbocycles. The molecule has 110 valence electrons. The van der Waals surface area contributed by atoms with Crippen LogP contribution in [0.4, 0.5) is 5.82 Å². The molecule has 0 bridgehead atoms. The highest BCUT2D eigenvalue weighted by atomic mass is 35.5. The summed E-state index contributed by atoms with van der Waals surface area (Å²) in [7, 11) is 0. The lowest BCUT2D eigenvalue weighted by atomic mass is 10.1. The maximum atomic E-state index is 6.22. The summed E-state index contributed by atoms with van der Waals surface area (Å²) in [6, 6.07) is 7.63. The van der Waals surface area contributed by atoms with Gasteiger partial charge in [-0.05, 0) is 38.0 Å². The van der Waals surface area contributed by atoms with Gasteiger partial charge in [0.1, 0.15) is 4.99 Å². The Morgan fingerprint density at radius 2 is 1.95 bits per heavy atom. The largest absolute Gasteiger partial charge is 0.389 e. The minimum absolute atomic E-state index is 0.0387. The average molecular weight is 321 g/mol. The van der Waals surface area contributed by atoms with Crippen LogP contribution in [0.15, 0.2) is 24.3 Å². The Kier molecular flexibility index (Phi) is 4.75. The number of hydrogen-bond donors (Lipinski definition) is 2. The van der Waals surface area contributed by atoms with E-state index >= 15 is 0 Å². The first-order valence-corrected chi connectivity index (χ1v) is 7.35. The van der Waals surface area contributed by atoms with Gasteiger partial charge in [-0.3, -0.25) is 0 Å². The van der Waals surface area contributed by atoms with E-state index < -0.39 is 0 Å². The van der Waals surface area contributed by atoms with Crippen molar-refractivity contribution in [2.45, 2.75) is 26.8 Å². The number of aromatic nitrogens is 2. The molecule has 2 aromatic rings. The van der Waals surface area contributed by atoms with Crippen LogP contribution in [0.3, 0.4) is 0 Å². The number of halogens is 1. The highest BCUT2D eigenvalue weighted by Gasteiger charge is 2.17. The van der Waals surface area contributed by atoms with E-state index in [0.717, 1.165) is 22.4 Å². The second-order valence-corrected chi connectivity index (χ2v) is 5.73. The Balaban J connectivity index is 2.38. The summed E-state index contributed by atoms with van der Waals surface area (Å²) in [4.78, 5) is 0.305. The Hall–Kier alpha value is -1.72. The highest BCUT2D eigenvalue weighted by Crippen LogP contribution is 2.27. The molecule has 0 aliphatic heterocycles. The minimum Gasteiger partial charge on any atom is -0.389 e. The third kappa shape index (κ3) is 3.31. The number of nitrogens with two attached hydrogens (primary N) is 1. The first kappa shape index (κ1) is 15.7. The summed E-state index contributed by atoms with van der Waals surface area (Å²) >= 11 is 11.4. The number of anilines is 1. The van der Waals surface area contributed by atoms with E-state index in [-0.39, 0.29) is 6.04 Å². The van der Waals surface area contributed by atoms with Crippen molar-refractivity contribution >= 4 is 34.6 Å². The molecule has 1 atom stereocenters. The fraction of sp³-hybridized carbons (Fsp3) is 0.267. The van der Waals surface area contributed by atoms with Gasteiger partial charge < -0.3 is 11.1 Å². The zero-order chi connectivity index (χ0) is 15.6. The highest BCUT2D eigenvalue weighted by molar-refractivity contribution is 7.80. The predicted molar refractivity (Wildman–Crippen MR) is 90.9 cm³/mol. The molecule has 1 aromatic heterocycles. The molecule has 0 radical (unpaired) electrons. The lowest BCUT2D eigenvalue weighted by Crippen LogP contribution is -2.19. The molecule has 0 aliphatic carbocycles. The maximum absolute atomic E-state index is 6.22. The van der Waals surface area contributed by atoms with E-state index in [1.54, 1.807) is 0 Å². The van der Waals surface area contributed by atoms with Crippen LogP contribution < -0.4 is 11.1 Å². The van der Waals surface area contributed by atoms with E-state index in [2.05, 4.69) is 15.5 Å². The molecule has 1 heterocycles. The van der Waals surface area contributed by atoms with Crippen molar-refractivity contribution < 1.29 is 0 Å². The first-order chi connectivity index (χ1) is 9.91. The van der Waals surface area contributed by atoms with Crippen LogP contribution in [0, 0.1) is 13.8 Å². The number of thiocarbonyl (C=S) groups is 1. The lowest BCUT2D eigenvalue weighted by molar-refractivity contribution is 0.851. The zero-order valence-corrected chi connectivity index (χ0v) is 13.7. The van der Waals surface area contributed by atoms with Gasteiger partial charge >= 0.3 is 0 Å². The van der Waals surface area contributed by atoms with Crippen LogP contribution in [-0.2, 0) is 0 Å². The molecule has 0 fully saturated rings. The number of hydrogen-bond acceptors (Lipinski definition) is 4. The SMILES string of the molecule is Cc1nnc(NC(C)c2ccccc2Cl)c(C(N)=S)c1C. The Morgan fingerprint density at radius 1 is 1.29 bits per heavy atom. The zero-order valence-electron chi connectivity index (χ0n) is 12.1. The second kappa shape index (κ2) is 6.37. The van der Waals surface area contributed by atoms with Gasteiger partial charge in [0.15, 0.2) is 5.82 Å². The van der Waals surface area contributed by atoms with Gasteiger partial charge in [-0.1, -0.05) is 42.0 Å². The summed E-state index contributed by atoms with van der Waals surface area (Å²) < 4.78 is 0. The molecule has 2 rings (SSSR count). The quantitative estimate of drug-likeness (QED) is 0.843. The maximum Gasteiger partial charge on any atom is 0.159 e. The van der Waals surface area contributed by atoms with E-state index in [1.165, 1.54) is 0 Å². The Bertz CT molecular complexity index is 687. The van der Waals surface area contributed by atoms with Crippen molar-refractivity contribution in [1.29, 1.82) is 0 Å². The summed E-state index contributed by atoms with van der Waals surface area (Å²) in [6.07, 6.45) is 0. The van der Waals surface area contributed by atoms with Crippen molar-refractivity contribution in [3.05, 3.63) is 51.7 Å². The monoisotopic (exact) mass is 320 g/mol. The van der Waals surface area contributed by atoms with Gasteiger partial charge in [0, 0.05) is 5.02 Å². The van der Waals surface area contributed by atoms with E-state index in [1.807, 2.05) is 45.0 Å². The third-order valence-corrected chi connectivity index (χ3v) is 3.97. The Morgan fingerprint density at radius 3 is 2.57 bits per heavy atom. The number of aryl methyl sites for hydroxylation is 1. The molecule has 0 spiro atoms. The first-order valence-electron chi connectivity index (χ1n) is 6.56. The summed E-state index contributed by atoms with van der Waals surface area (Å²) in [5.41, 5.74) is 9.29. The van der Waals surface area contributed by atoms with Crippen molar-refractivity contribution in [2.24, 2.45) is 5.73 Å². The topological polar surface area (TPSA) is 63.8 Å². The van der Waals surface area contributed by atoms with Gasteiger partial charge in [0.2, 0.25) is 0 Å². The average Bonchev–Trinajstić information content (AvgIpc) is 2.43. The van der Waals surface area contributed by atoms with Crippen LogP contribution in [-0.4, -0.2) is 15.2 Å². The fourth-order valence-electron chi connectivity index (χ4n) is 2.12. The Labute approximate surface area is 134 Å². The van der Waals surface area contributed by atoms with Gasteiger partial charge in [-0.25, -0.2) is 0 Å². The molecule has 1 aromatic carbocycles. The van der Waals surface area contributed by atoms with E-state index in [0.29, 0.717) is 15.8 Å². The van der Waals surface area contributed by atoms with Crippen molar-refractivity contribution in [3.63, 3.8) is 0 Å². The molecule has 0 saturated heterocycles. The molecule has 6 heteroatoms. The van der Waals surface area contributed by atoms with Crippen LogP contribution in [0.5, 0.6) is 0 Å². The van der Waals surface area contributed by atoms with Crippen LogP contribution >= 0.6 is 23.8 Å².